The first kappa shape index (κ1) is 12.5. The highest BCUT2D eigenvalue weighted by Crippen LogP contribution is 2.31. The van der Waals surface area contributed by atoms with E-state index in [-0.39, 0.29) is 5.41 Å². The minimum Gasteiger partial charge on any atom is -0.198 e. The van der Waals surface area contributed by atoms with E-state index in [0.717, 1.165) is 12.8 Å². The van der Waals surface area contributed by atoms with Crippen molar-refractivity contribution in [3.63, 3.8) is 0 Å². The highest BCUT2D eigenvalue weighted by atomic mass is 14.3. The zero-order chi connectivity index (χ0) is 10.2. The number of hydrogen-bond acceptors (Lipinski definition) is 1. The SMILES string of the molecule is CCCCCCC(C)(CC)CC#N. The summed E-state index contributed by atoms with van der Waals surface area (Å²) in [5.74, 6) is 0. The molecule has 0 bridgehead atoms. The fourth-order valence-electron chi connectivity index (χ4n) is 1.56. The lowest BCUT2D eigenvalue weighted by Gasteiger charge is -2.24. The second-order valence-corrected chi connectivity index (χ2v) is 4.31. The van der Waals surface area contributed by atoms with Crippen LogP contribution in [0.4, 0.5) is 0 Å². The Morgan fingerprint density at radius 3 is 2.31 bits per heavy atom. The van der Waals surface area contributed by atoms with Gasteiger partial charge in [0.15, 0.2) is 0 Å². The van der Waals surface area contributed by atoms with Gasteiger partial charge in [-0.25, -0.2) is 0 Å². The van der Waals surface area contributed by atoms with Gasteiger partial charge in [-0.05, 0) is 18.3 Å². The zero-order valence-electron chi connectivity index (χ0n) is 9.40. The smallest absolute Gasteiger partial charge is 0.0627 e. The van der Waals surface area contributed by atoms with E-state index in [2.05, 4.69) is 26.8 Å². The van der Waals surface area contributed by atoms with Crippen molar-refractivity contribution in [1.82, 2.24) is 0 Å². The fraction of sp³-hybridized carbons (Fsp3) is 0.917. The summed E-state index contributed by atoms with van der Waals surface area (Å²) in [5, 5.41) is 8.69. The summed E-state index contributed by atoms with van der Waals surface area (Å²) in [7, 11) is 0. The molecule has 0 aliphatic rings. The molecule has 0 aliphatic carbocycles. The minimum absolute atomic E-state index is 0.280. The molecule has 0 fully saturated rings. The first-order chi connectivity index (χ1) is 6.18. The van der Waals surface area contributed by atoms with E-state index in [1.165, 1.54) is 32.1 Å². The Kier molecular flexibility index (Phi) is 6.68. The van der Waals surface area contributed by atoms with Crippen LogP contribution in [-0.2, 0) is 0 Å². The van der Waals surface area contributed by atoms with Crippen LogP contribution < -0.4 is 0 Å². The van der Waals surface area contributed by atoms with E-state index in [1.807, 2.05) is 0 Å². The molecule has 0 saturated carbocycles. The lowest BCUT2D eigenvalue weighted by molar-refractivity contribution is 0.279. The van der Waals surface area contributed by atoms with E-state index in [4.69, 9.17) is 5.26 Å². The van der Waals surface area contributed by atoms with Crippen LogP contribution in [0.2, 0.25) is 0 Å². The van der Waals surface area contributed by atoms with Crippen molar-refractivity contribution in [1.29, 1.82) is 5.26 Å². The molecule has 0 amide bonds. The van der Waals surface area contributed by atoms with Crippen molar-refractivity contribution in [2.45, 2.75) is 65.7 Å². The molecular formula is C12H23N. The summed E-state index contributed by atoms with van der Waals surface area (Å²) < 4.78 is 0. The molecule has 0 radical (unpaired) electrons. The highest BCUT2D eigenvalue weighted by Gasteiger charge is 2.20. The van der Waals surface area contributed by atoms with E-state index < -0.39 is 0 Å². The van der Waals surface area contributed by atoms with Crippen molar-refractivity contribution in [3.8, 4) is 6.07 Å². The second-order valence-electron chi connectivity index (χ2n) is 4.31. The number of nitriles is 1. The van der Waals surface area contributed by atoms with Crippen molar-refractivity contribution < 1.29 is 0 Å². The van der Waals surface area contributed by atoms with Crippen molar-refractivity contribution in [3.05, 3.63) is 0 Å². The van der Waals surface area contributed by atoms with Crippen molar-refractivity contribution >= 4 is 0 Å². The molecule has 0 aromatic heterocycles. The molecule has 0 aromatic carbocycles. The quantitative estimate of drug-likeness (QED) is 0.537. The van der Waals surface area contributed by atoms with Crippen LogP contribution in [0.1, 0.15) is 65.7 Å². The molecule has 0 rings (SSSR count). The van der Waals surface area contributed by atoms with Gasteiger partial charge in [-0.15, -0.1) is 0 Å². The van der Waals surface area contributed by atoms with Gasteiger partial charge in [0.05, 0.1) is 6.07 Å². The molecule has 13 heavy (non-hydrogen) atoms. The molecule has 0 heterocycles. The molecule has 0 N–H and O–H groups in total. The molecular weight excluding hydrogens is 158 g/mol. The molecule has 0 saturated heterocycles. The Balaban J connectivity index is 3.65. The third-order valence-corrected chi connectivity index (χ3v) is 2.99. The van der Waals surface area contributed by atoms with Gasteiger partial charge in [0.1, 0.15) is 0 Å². The molecule has 0 aromatic rings. The summed E-state index contributed by atoms with van der Waals surface area (Å²) in [6, 6.07) is 2.30. The van der Waals surface area contributed by atoms with Gasteiger partial charge in [0.25, 0.3) is 0 Å². The third kappa shape index (κ3) is 5.69. The van der Waals surface area contributed by atoms with Gasteiger partial charge in [0.2, 0.25) is 0 Å². The third-order valence-electron chi connectivity index (χ3n) is 2.99. The lowest BCUT2D eigenvalue weighted by Crippen LogP contribution is -2.13. The summed E-state index contributed by atoms with van der Waals surface area (Å²) in [4.78, 5) is 0. The predicted molar refractivity (Wildman–Crippen MR) is 57.4 cm³/mol. The van der Waals surface area contributed by atoms with Crippen molar-refractivity contribution in [2.75, 3.05) is 0 Å². The average Bonchev–Trinajstić information content (AvgIpc) is 2.13. The fourth-order valence-corrected chi connectivity index (χ4v) is 1.56. The zero-order valence-corrected chi connectivity index (χ0v) is 9.40. The van der Waals surface area contributed by atoms with Crippen LogP contribution in [0.5, 0.6) is 0 Å². The Labute approximate surface area is 83.1 Å². The summed E-state index contributed by atoms with van der Waals surface area (Å²) in [5.41, 5.74) is 0.280. The predicted octanol–water partition coefficient (Wildman–Crippen LogP) is 4.29. The van der Waals surface area contributed by atoms with Gasteiger partial charge in [-0.3, -0.25) is 0 Å². The summed E-state index contributed by atoms with van der Waals surface area (Å²) >= 11 is 0. The average molecular weight is 181 g/mol. The number of hydrogen-bond donors (Lipinski definition) is 0. The van der Waals surface area contributed by atoms with Crippen LogP contribution in [0.15, 0.2) is 0 Å². The van der Waals surface area contributed by atoms with Gasteiger partial charge in [0, 0.05) is 6.42 Å². The summed E-state index contributed by atoms with van der Waals surface area (Å²) in [6.45, 7) is 6.66. The second kappa shape index (κ2) is 6.95. The molecule has 1 nitrogen and oxygen atoms in total. The molecule has 0 aliphatic heterocycles. The Hall–Kier alpha value is -0.510. The topological polar surface area (TPSA) is 23.8 Å². The Bertz CT molecular complexity index is 157. The van der Waals surface area contributed by atoms with Gasteiger partial charge < -0.3 is 0 Å². The number of nitrogens with zero attached hydrogens (tertiary/aromatic N) is 1. The molecule has 0 spiro atoms. The highest BCUT2D eigenvalue weighted by molar-refractivity contribution is 4.84. The maximum atomic E-state index is 8.69. The maximum absolute atomic E-state index is 8.69. The maximum Gasteiger partial charge on any atom is 0.0627 e. The van der Waals surface area contributed by atoms with Crippen LogP contribution in [0.25, 0.3) is 0 Å². The van der Waals surface area contributed by atoms with Gasteiger partial charge in [-0.1, -0.05) is 46.5 Å². The normalized spacial score (nSPS) is 14.9. The van der Waals surface area contributed by atoms with E-state index >= 15 is 0 Å². The number of unbranched alkanes of at least 4 members (excludes halogenated alkanes) is 3. The van der Waals surface area contributed by atoms with Crippen LogP contribution in [0.3, 0.4) is 0 Å². The largest absolute Gasteiger partial charge is 0.198 e. The van der Waals surface area contributed by atoms with E-state index in [0.29, 0.717) is 0 Å². The monoisotopic (exact) mass is 181 g/mol. The Morgan fingerprint density at radius 2 is 1.85 bits per heavy atom. The first-order valence-corrected chi connectivity index (χ1v) is 5.55. The standard InChI is InChI=1S/C12H23N/c1-4-6-7-8-9-12(3,5-2)10-11-13/h4-10H2,1-3H3. The minimum atomic E-state index is 0.280. The van der Waals surface area contributed by atoms with Crippen molar-refractivity contribution in [2.24, 2.45) is 5.41 Å². The summed E-state index contributed by atoms with van der Waals surface area (Å²) in [6.07, 6.45) is 8.32. The first-order valence-electron chi connectivity index (χ1n) is 5.55. The molecule has 76 valence electrons. The van der Waals surface area contributed by atoms with E-state index in [9.17, 15) is 0 Å². The van der Waals surface area contributed by atoms with Crippen LogP contribution >= 0.6 is 0 Å². The van der Waals surface area contributed by atoms with Gasteiger partial charge >= 0.3 is 0 Å². The number of rotatable bonds is 7. The molecule has 1 unspecified atom stereocenters. The molecule has 1 heteroatoms. The van der Waals surface area contributed by atoms with Crippen LogP contribution in [-0.4, -0.2) is 0 Å². The lowest BCUT2D eigenvalue weighted by atomic mass is 9.80. The van der Waals surface area contributed by atoms with Crippen LogP contribution in [0, 0.1) is 16.7 Å². The van der Waals surface area contributed by atoms with Gasteiger partial charge in [-0.2, -0.15) is 5.26 Å². The molecule has 1 atom stereocenters. The van der Waals surface area contributed by atoms with E-state index in [1.54, 1.807) is 0 Å². The Morgan fingerprint density at radius 1 is 1.15 bits per heavy atom.